The van der Waals surface area contributed by atoms with Gasteiger partial charge >= 0.3 is 0 Å². The first kappa shape index (κ1) is 13.8. The summed E-state index contributed by atoms with van der Waals surface area (Å²) in [4.78, 5) is 4.63. The van der Waals surface area contributed by atoms with Crippen LogP contribution in [0.25, 0.3) is 5.65 Å². The Morgan fingerprint density at radius 2 is 2.10 bits per heavy atom. The van der Waals surface area contributed by atoms with E-state index >= 15 is 0 Å². The number of hydrogen-bond acceptors (Lipinski definition) is 3. The van der Waals surface area contributed by atoms with Gasteiger partial charge in [0.2, 0.25) is 0 Å². The van der Waals surface area contributed by atoms with Gasteiger partial charge in [0, 0.05) is 30.7 Å². The van der Waals surface area contributed by atoms with E-state index in [0.717, 1.165) is 24.4 Å². The van der Waals surface area contributed by atoms with E-state index < -0.39 is 0 Å². The topological polar surface area (TPSA) is 47.2 Å². The molecule has 0 fully saturated rings. The molecule has 0 bridgehead atoms. The highest BCUT2D eigenvalue weighted by molar-refractivity contribution is 5.41. The van der Waals surface area contributed by atoms with Gasteiger partial charge in [-0.15, -0.1) is 0 Å². The van der Waals surface area contributed by atoms with Crippen molar-refractivity contribution in [1.82, 2.24) is 24.5 Å². The summed E-state index contributed by atoms with van der Waals surface area (Å²) >= 11 is 0. The molecular formula is C16H21N5. The molecule has 0 spiro atoms. The number of pyridine rings is 1. The zero-order chi connectivity index (χ0) is 14.8. The van der Waals surface area contributed by atoms with Crippen LogP contribution < -0.4 is 5.32 Å². The number of aryl methyl sites for hydroxylation is 2. The number of imidazole rings is 1. The largest absolute Gasteiger partial charge is 0.307 e. The van der Waals surface area contributed by atoms with Crippen molar-refractivity contribution in [2.75, 3.05) is 0 Å². The quantitative estimate of drug-likeness (QED) is 0.781. The van der Waals surface area contributed by atoms with E-state index in [1.807, 2.05) is 23.0 Å². The number of hydrogen-bond donors (Lipinski definition) is 1. The van der Waals surface area contributed by atoms with Crippen LogP contribution in [0.4, 0.5) is 0 Å². The maximum atomic E-state index is 4.63. The van der Waals surface area contributed by atoms with Crippen molar-refractivity contribution in [3.05, 3.63) is 53.7 Å². The molecule has 21 heavy (non-hydrogen) atoms. The fourth-order valence-corrected chi connectivity index (χ4v) is 2.47. The summed E-state index contributed by atoms with van der Waals surface area (Å²) in [6, 6.07) is 6.51. The lowest BCUT2D eigenvalue weighted by molar-refractivity contribution is 0.449. The van der Waals surface area contributed by atoms with Crippen molar-refractivity contribution in [2.24, 2.45) is 0 Å². The summed E-state index contributed by atoms with van der Waals surface area (Å²) < 4.78 is 4.10. The first-order valence-electron chi connectivity index (χ1n) is 7.28. The van der Waals surface area contributed by atoms with Crippen LogP contribution in [-0.2, 0) is 13.1 Å². The van der Waals surface area contributed by atoms with E-state index in [1.54, 1.807) is 0 Å². The normalized spacial score (nSPS) is 12.9. The van der Waals surface area contributed by atoms with E-state index in [4.69, 9.17) is 0 Å². The molecule has 0 aliphatic heterocycles. The predicted molar refractivity (Wildman–Crippen MR) is 83.2 cm³/mol. The van der Waals surface area contributed by atoms with Crippen molar-refractivity contribution in [1.29, 1.82) is 0 Å². The average molecular weight is 283 g/mol. The van der Waals surface area contributed by atoms with Crippen LogP contribution in [0, 0.1) is 13.8 Å². The smallest absolute Gasteiger partial charge is 0.137 e. The summed E-state index contributed by atoms with van der Waals surface area (Å²) in [5.41, 5.74) is 4.46. The lowest BCUT2D eigenvalue weighted by Crippen LogP contribution is -2.30. The van der Waals surface area contributed by atoms with Crippen molar-refractivity contribution >= 4 is 5.65 Å². The molecule has 110 valence electrons. The molecule has 0 radical (unpaired) electrons. The van der Waals surface area contributed by atoms with Gasteiger partial charge in [-0.1, -0.05) is 6.07 Å². The Balaban J connectivity index is 1.62. The second-order valence-corrected chi connectivity index (χ2v) is 5.65. The maximum Gasteiger partial charge on any atom is 0.137 e. The SMILES string of the molecule is Cc1cnn(C[C@H](C)NCc2cn3c(C)cccc3n2)c1. The second-order valence-electron chi connectivity index (χ2n) is 5.65. The fourth-order valence-electron chi connectivity index (χ4n) is 2.47. The van der Waals surface area contributed by atoms with E-state index in [1.165, 1.54) is 11.3 Å². The fraction of sp³-hybridized carbons (Fsp3) is 0.375. The number of fused-ring (bicyclic) bond motifs is 1. The van der Waals surface area contributed by atoms with E-state index in [2.05, 4.69) is 59.0 Å². The Hall–Kier alpha value is -2.14. The molecule has 3 aromatic rings. The lowest BCUT2D eigenvalue weighted by Gasteiger charge is -2.12. The highest BCUT2D eigenvalue weighted by atomic mass is 15.3. The molecule has 0 saturated heterocycles. The summed E-state index contributed by atoms with van der Waals surface area (Å²) in [5, 5.41) is 7.81. The molecule has 0 aliphatic rings. The summed E-state index contributed by atoms with van der Waals surface area (Å²) in [5.74, 6) is 0. The zero-order valence-corrected chi connectivity index (χ0v) is 12.7. The second kappa shape index (κ2) is 5.69. The van der Waals surface area contributed by atoms with Crippen LogP contribution in [-0.4, -0.2) is 25.2 Å². The molecule has 5 heteroatoms. The summed E-state index contributed by atoms with van der Waals surface area (Å²) in [6.45, 7) is 7.94. The third kappa shape index (κ3) is 3.13. The molecule has 5 nitrogen and oxygen atoms in total. The van der Waals surface area contributed by atoms with Gasteiger partial charge in [0.05, 0.1) is 18.4 Å². The molecule has 3 rings (SSSR count). The van der Waals surface area contributed by atoms with Crippen molar-refractivity contribution in [2.45, 2.75) is 39.9 Å². The lowest BCUT2D eigenvalue weighted by atomic mass is 10.3. The first-order chi connectivity index (χ1) is 10.1. The third-order valence-corrected chi connectivity index (χ3v) is 3.60. The van der Waals surface area contributed by atoms with Gasteiger partial charge in [-0.3, -0.25) is 4.68 Å². The van der Waals surface area contributed by atoms with Crippen molar-refractivity contribution in [3.8, 4) is 0 Å². The maximum absolute atomic E-state index is 4.63. The van der Waals surface area contributed by atoms with Crippen LogP contribution in [0.1, 0.15) is 23.9 Å². The highest BCUT2D eigenvalue weighted by Gasteiger charge is 2.07. The van der Waals surface area contributed by atoms with E-state index in [9.17, 15) is 0 Å². The van der Waals surface area contributed by atoms with Gasteiger partial charge < -0.3 is 9.72 Å². The Morgan fingerprint density at radius 1 is 1.24 bits per heavy atom. The van der Waals surface area contributed by atoms with Crippen molar-refractivity contribution < 1.29 is 0 Å². The van der Waals surface area contributed by atoms with Crippen LogP contribution in [0.5, 0.6) is 0 Å². The van der Waals surface area contributed by atoms with Crippen LogP contribution in [0.15, 0.2) is 36.8 Å². The molecule has 3 aromatic heterocycles. The Labute approximate surface area is 124 Å². The standard InChI is InChI=1S/C16H21N5/c1-12-7-18-20(9-12)10-13(2)17-8-15-11-21-14(3)5-4-6-16(21)19-15/h4-7,9,11,13,17H,8,10H2,1-3H3/t13-/m0/s1. The van der Waals surface area contributed by atoms with Crippen LogP contribution in [0.3, 0.4) is 0 Å². The van der Waals surface area contributed by atoms with Gasteiger partial charge in [0.15, 0.2) is 0 Å². The van der Waals surface area contributed by atoms with Gasteiger partial charge in [0.25, 0.3) is 0 Å². The highest BCUT2D eigenvalue weighted by Crippen LogP contribution is 2.08. The predicted octanol–water partition coefficient (Wildman–Crippen LogP) is 2.33. The third-order valence-electron chi connectivity index (χ3n) is 3.60. The Morgan fingerprint density at radius 3 is 2.81 bits per heavy atom. The first-order valence-corrected chi connectivity index (χ1v) is 7.28. The summed E-state index contributed by atoms with van der Waals surface area (Å²) in [6.07, 6.45) is 6.05. The minimum absolute atomic E-state index is 0.343. The number of nitrogens with one attached hydrogen (secondary N) is 1. The molecule has 3 heterocycles. The molecule has 0 aromatic carbocycles. The minimum Gasteiger partial charge on any atom is -0.307 e. The molecule has 0 amide bonds. The average Bonchev–Trinajstić information content (AvgIpc) is 3.03. The van der Waals surface area contributed by atoms with Crippen molar-refractivity contribution in [3.63, 3.8) is 0 Å². The monoisotopic (exact) mass is 283 g/mol. The van der Waals surface area contributed by atoms with Gasteiger partial charge in [-0.25, -0.2) is 4.98 Å². The van der Waals surface area contributed by atoms with Gasteiger partial charge in [0.1, 0.15) is 5.65 Å². The van der Waals surface area contributed by atoms with Gasteiger partial charge in [-0.05, 0) is 38.5 Å². The Kier molecular flexibility index (Phi) is 3.75. The Bertz CT molecular complexity index is 740. The minimum atomic E-state index is 0.343. The summed E-state index contributed by atoms with van der Waals surface area (Å²) in [7, 11) is 0. The van der Waals surface area contributed by atoms with Crippen LogP contribution in [0.2, 0.25) is 0 Å². The zero-order valence-electron chi connectivity index (χ0n) is 12.7. The van der Waals surface area contributed by atoms with Crippen LogP contribution >= 0.6 is 0 Å². The molecule has 0 saturated carbocycles. The number of rotatable bonds is 5. The molecule has 1 atom stereocenters. The molecular weight excluding hydrogens is 262 g/mol. The van der Waals surface area contributed by atoms with E-state index in [-0.39, 0.29) is 0 Å². The number of nitrogens with zero attached hydrogens (tertiary/aromatic N) is 4. The number of aromatic nitrogens is 4. The molecule has 1 N–H and O–H groups in total. The molecule has 0 unspecified atom stereocenters. The van der Waals surface area contributed by atoms with Gasteiger partial charge in [-0.2, -0.15) is 5.10 Å². The van der Waals surface area contributed by atoms with E-state index in [0.29, 0.717) is 6.04 Å². The molecule has 0 aliphatic carbocycles.